The van der Waals surface area contributed by atoms with Crippen molar-refractivity contribution in [1.82, 2.24) is 0 Å². The molecule has 1 aromatic rings. The van der Waals surface area contributed by atoms with E-state index in [1.807, 2.05) is 0 Å². The van der Waals surface area contributed by atoms with Crippen molar-refractivity contribution in [2.75, 3.05) is 26.7 Å². The normalized spacial score (nSPS) is 16.2. The van der Waals surface area contributed by atoms with Crippen LogP contribution in [0.25, 0.3) is 0 Å². The topological polar surface area (TPSA) is 21.6 Å². The van der Waals surface area contributed by atoms with E-state index in [-0.39, 0.29) is 0 Å². The van der Waals surface area contributed by atoms with Crippen molar-refractivity contribution in [3.8, 4) is 0 Å². The summed E-state index contributed by atoms with van der Waals surface area (Å²) in [5.41, 5.74) is 0. The molecule has 0 saturated heterocycles. The second-order valence-corrected chi connectivity index (χ2v) is 18.3. The maximum absolute atomic E-state index is 6.50. The van der Waals surface area contributed by atoms with E-state index >= 15 is 0 Å². The van der Waals surface area contributed by atoms with Crippen LogP contribution in [-0.4, -0.2) is 35.0 Å². The van der Waals surface area contributed by atoms with Gasteiger partial charge in [0.2, 0.25) is 8.32 Å². The largest absolute Gasteiger partial charge is 0.274 e. The predicted octanol–water partition coefficient (Wildman–Crippen LogP) is 4.73. The Kier molecular flexibility index (Phi) is 5.00. The van der Waals surface area contributed by atoms with Crippen molar-refractivity contribution in [2.24, 2.45) is 4.52 Å². The lowest BCUT2D eigenvalue weighted by molar-refractivity contribution is 0.612. The first-order valence-corrected chi connectivity index (χ1v) is 14.8. The van der Waals surface area contributed by atoms with Gasteiger partial charge in [-0.2, -0.15) is 0 Å². The minimum Gasteiger partial charge on any atom is -0.255 e. The van der Waals surface area contributed by atoms with Crippen LogP contribution >= 0.6 is 14.7 Å². The second kappa shape index (κ2) is 5.59. The average molecular weight is 302 g/mol. The number of benzene rings is 1. The molecular weight excluding hydrogens is 276 g/mol. The van der Waals surface area contributed by atoms with Gasteiger partial charge in [-0.1, -0.05) is 18.2 Å². The van der Waals surface area contributed by atoms with Gasteiger partial charge in [-0.15, -0.1) is 4.52 Å². The van der Waals surface area contributed by atoms with Crippen LogP contribution in [0.3, 0.4) is 0 Å². The first-order valence-electron chi connectivity index (χ1n) is 6.21. The zero-order valence-electron chi connectivity index (χ0n) is 12.6. The summed E-state index contributed by atoms with van der Waals surface area (Å²) in [7, 11) is -4.65. The van der Waals surface area contributed by atoms with E-state index in [4.69, 9.17) is 8.73 Å². The molecule has 0 aliphatic carbocycles. The van der Waals surface area contributed by atoms with Crippen LogP contribution in [0.15, 0.2) is 34.8 Å². The highest BCUT2D eigenvalue weighted by Crippen LogP contribution is 2.65. The van der Waals surface area contributed by atoms with E-state index in [1.165, 1.54) is 5.30 Å². The van der Waals surface area contributed by atoms with Gasteiger partial charge >= 0.3 is 0 Å². The zero-order valence-corrected chi connectivity index (χ0v) is 15.4. The molecule has 0 aliphatic heterocycles. The summed E-state index contributed by atoms with van der Waals surface area (Å²) in [5.74, 6) is 0. The molecule has 0 N–H and O–H groups in total. The zero-order chi connectivity index (χ0) is 14.0. The van der Waals surface area contributed by atoms with Gasteiger partial charge < -0.3 is 0 Å². The average Bonchev–Trinajstić information content (AvgIpc) is 2.13. The third-order valence-electron chi connectivity index (χ3n) is 2.13. The van der Waals surface area contributed by atoms with Gasteiger partial charge in [-0.25, -0.2) is 0 Å². The Bertz CT molecular complexity index is 442. The number of hydrogen-bond acceptors (Lipinski definition) is 2. The fourth-order valence-corrected chi connectivity index (χ4v) is 12.3. The van der Waals surface area contributed by atoms with Crippen LogP contribution in [0.5, 0.6) is 0 Å². The highest BCUT2D eigenvalue weighted by Gasteiger charge is 2.42. The maximum atomic E-state index is 6.50. The van der Waals surface area contributed by atoms with E-state index < -0.39 is 23.0 Å². The lowest BCUT2D eigenvalue weighted by Crippen LogP contribution is -2.28. The molecule has 18 heavy (non-hydrogen) atoms. The Morgan fingerprint density at radius 1 is 1.06 bits per heavy atom. The fraction of sp³-hybridized carbons (Fsp3) is 0.538. The van der Waals surface area contributed by atoms with E-state index in [0.717, 1.165) is 0 Å². The van der Waals surface area contributed by atoms with Gasteiger partial charge in [-0.05, 0) is 51.8 Å². The first-order chi connectivity index (χ1) is 8.02. The molecule has 2 nitrogen and oxygen atoms in total. The monoisotopic (exact) mass is 302 g/mol. The van der Waals surface area contributed by atoms with Crippen molar-refractivity contribution in [1.29, 1.82) is 0 Å². The van der Waals surface area contributed by atoms with Crippen LogP contribution in [0.1, 0.15) is 0 Å². The molecule has 5 heteroatoms. The highest BCUT2D eigenvalue weighted by molar-refractivity contribution is 7.83. The van der Waals surface area contributed by atoms with Crippen LogP contribution in [-0.2, 0) is 4.21 Å². The van der Waals surface area contributed by atoms with E-state index in [2.05, 4.69) is 76.6 Å². The highest BCUT2D eigenvalue weighted by atomic mass is 31.2. The molecular formula is C13H26NOP2Si+. The van der Waals surface area contributed by atoms with Crippen LogP contribution in [0, 0.1) is 0 Å². The molecule has 1 unspecified atom stereocenters. The summed E-state index contributed by atoms with van der Waals surface area (Å²) in [5, 5.41) is 1.27. The lowest BCUT2D eigenvalue weighted by Gasteiger charge is -2.26. The molecule has 0 bridgehead atoms. The summed E-state index contributed by atoms with van der Waals surface area (Å²) >= 11 is 0. The summed E-state index contributed by atoms with van der Waals surface area (Å²) < 4.78 is 11.6. The Labute approximate surface area is 114 Å². The van der Waals surface area contributed by atoms with Gasteiger partial charge in [0, 0.05) is 7.05 Å². The smallest absolute Gasteiger partial charge is 0.255 e. The molecule has 1 aromatic carbocycles. The predicted molar refractivity (Wildman–Crippen MR) is 90.5 cm³/mol. The van der Waals surface area contributed by atoms with Crippen molar-refractivity contribution < 1.29 is 4.21 Å². The second-order valence-electron chi connectivity index (χ2n) is 6.45. The minimum absolute atomic E-state index is 1.22. The minimum atomic E-state index is -1.83. The molecule has 102 valence electrons. The summed E-state index contributed by atoms with van der Waals surface area (Å²) in [6.45, 7) is 15.7. The molecule has 0 spiro atoms. The quantitative estimate of drug-likeness (QED) is 0.582. The molecule has 0 saturated carbocycles. The van der Waals surface area contributed by atoms with Crippen LogP contribution in [0.2, 0.25) is 19.6 Å². The van der Waals surface area contributed by atoms with Crippen molar-refractivity contribution in [2.45, 2.75) is 19.6 Å². The van der Waals surface area contributed by atoms with E-state index in [9.17, 15) is 0 Å². The van der Waals surface area contributed by atoms with Crippen molar-refractivity contribution in [3.63, 3.8) is 0 Å². The van der Waals surface area contributed by atoms with E-state index in [0.29, 0.717) is 0 Å². The summed E-state index contributed by atoms with van der Waals surface area (Å²) in [4.78, 5) is 0. The third-order valence-corrected chi connectivity index (χ3v) is 10.5. The van der Waals surface area contributed by atoms with Crippen LogP contribution in [0.4, 0.5) is 0 Å². The number of rotatable bonds is 4. The Morgan fingerprint density at radius 2 is 1.56 bits per heavy atom. The number of hydrogen-bond donors (Lipinski definition) is 0. The molecule has 0 amide bonds. The van der Waals surface area contributed by atoms with Gasteiger partial charge in [0.05, 0.1) is 0 Å². The van der Waals surface area contributed by atoms with Gasteiger partial charge in [0.1, 0.15) is 12.0 Å². The molecule has 1 atom stereocenters. The first kappa shape index (κ1) is 16.1. The SMILES string of the molecule is C[Si](C)(C)O[P+](C)(N=P(C)(C)C)c1ccccc1. The Hall–Kier alpha value is 0.0569. The molecule has 0 heterocycles. The summed E-state index contributed by atoms with van der Waals surface area (Å²) in [6.07, 6.45) is 0. The Balaban J connectivity index is 3.27. The van der Waals surface area contributed by atoms with E-state index in [1.54, 1.807) is 0 Å². The summed E-state index contributed by atoms with van der Waals surface area (Å²) in [6, 6.07) is 10.5. The van der Waals surface area contributed by atoms with Crippen LogP contribution < -0.4 is 5.30 Å². The van der Waals surface area contributed by atoms with Gasteiger partial charge in [0.15, 0.2) is 0 Å². The van der Waals surface area contributed by atoms with Crippen molar-refractivity contribution in [3.05, 3.63) is 30.3 Å². The Morgan fingerprint density at radius 3 is 1.94 bits per heavy atom. The third kappa shape index (κ3) is 5.36. The number of nitrogens with zero attached hydrogens (tertiary/aromatic N) is 1. The van der Waals surface area contributed by atoms with Crippen molar-refractivity contribution >= 4 is 28.3 Å². The molecule has 1 rings (SSSR count). The molecule has 0 aromatic heterocycles. The van der Waals surface area contributed by atoms with Gasteiger partial charge in [-0.3, -0.25) is 4.21 Å². The lowest BCUT2D eigenvalue weighted by atomic mass is 10.4. The molecule has 0 fully saturated rings. The molecule has 0 radical (unpaired) electrons. The fourth-order valence-electron chi connectivity index (χ4n) is 1.87. The van der Waals surface area contributed by atoms with Gasteiger partial charge in [0.25, 0.3) is 7.64 Å². The molecule has 0 aliphatic rings. The maximum Gasteiger partial charge on any atom is 0.274 e. The standard InChI is InChI=1S/C13H26NOP2Si/c1-16(2,3)14-17(4,15-18(5,6)7)13-11-9-8-10-12-13/h8-12H,1-7H3/q+1.